The van der Waals surface area contributed by atoms with Gasteiger partial charge in [0, 0.05) is 31.3 Å². The zero-order chi connectivity index (χ0) is 17.5. The minimum Gasteiger partial charge on any atom is -0.478 e. The molecule has 2 N–H and O–H groups in total. The highest BCUT2D eigenvalue weighted by Crippen LogP contribution is 2.05. The standard InChI is InChI=1S/C18H20N2O4/c1-13-4-2-6-17(22)20(13)11-3-5-16(21)19-12-14-7-9-15(10-8-14)18(23)24/h2,4,6-10H,3,5,11-12H2,1H3,(H,19,21)(H,23,24). The zero-order valence-electron chi connectivity index (χ0n) is 13.5. The summed E-state index contributed by atoms with van der Waals surface area (Å²) < 4.78 is 1.65. The summed E-state index contributed by atoms with van der Waals surface area (Å²) in [4.78, 5) is 34.3. The first-order valence-corrected chi connectivity index (χ1v) is 7.73. The van der Waals surface area contributed by atoms with Crippen molar-refractivity contribution in [1.29, 1.82) is 0 Å². The number of carbonyl (C=O) groups excluding carboxylic acids is 1. The van der Waals surface area contributed by atoms with Crippen LogP contribution in [0, 0.1) is 6.92 Å². The van der Waals surface area contributed by atoms with Crippen LogP contribution in [0.3, 0.4) is 0 Å². The summed E-state index contributed by atoms with van der Waals surface area (Å²) in [6, 6.07) is 11.5. The van der Waals surface area contributed by atoms with Crippen LogP contribution < -0.4 is 10.9 Å². The summed E-state index contributed by atoms with van der Waals surface area (Å²) in [6.45, 7) is 2.72. The van der Waals surface area contributed by atoms with Crippen LogP contribution in [-0.4, -0.2) is 21.6 Å². The van der Waals surface area contributed by atoms with Gasteiger partial charge in [0.25, 0.3) is 5.56 Å². The Balaban J connectivity index is 1.77. The molecule has 0 saturated carbocycles. The summed E-state index contributed by atoms with van der Waals surface area (Å²) >= 11 is 0. The number of nitrogens with one attached hydrogen (secondary N) is 1. The van der Waals surface area contributed by atoms with Gasteiger partial charge in [-0.2, -0.15) is 0 Å². The first kappa shape index (κ1) is 17.5. The van der Waals surface area contributed by atoms with Crippen LogP contribution in [-0.2, 0) is 17.9 Å². The third-order valence-electron chi connectivity index (χ3n) is 3.74. The van der Waals surface area contributed by atoms with Gasteiger partial charge in [-0.3, -0.25) is 9.59 Å². The van der Waals surface area contributed by atoms with Crippen molar-refractivity contribution in [2.24, 2.45) is 0 Å². The molecular formula is C18H20N2O4. The van der Waals surface area contributed by atoms with Crippen LogP contribution in [0.25, 0.3) is 0 Å². The van der Waals surface area contributed by atoms with E-state index in [1.165, 1.54) is 18.2 Å². The number of aromatic carboxylic acids is 1. The van der Waals surface area contributed by atoms with Gasteiger partial charge in [0.15, 0.2) is 0 Å². The summed E-state index contributed by atoms with van der Waals surface area (Å²) in [5, 5.41) is 11.6. The number of nitrogens with zero attached hydrogens (tertiary/aromatic N) is 1. The Morgan fingerprint density at radius 3 is 2.46 bits per heavy atom. The Morgan fingerprint density at radius 1 is 1.12 bits per heavy atom. The molecule has 2 rings (SSSR count). The van der Waals surface area contributed by atoms with Crippen molar-refractivity contribution in [2.45, 2.75) is 32.9 Å². The number of aromatic nitrogens is 1. The topological polar surface area (TPSA) is 88.4 Å². The lowest BCUT2D eigenvalue weighted by molar-refractivity contribution is -0.121. The van der Waals surface area contributed by atoms with E-state index in [9.17, 15) is 14.4 Å². The van der Waals surface area contributed by atoms with Crippen molar-refractivity contribution in [2.75, 3.05) is 0 Å². The molecule has 0 spiro atoms. The maximum atomic E-state index is 11.9. The molecule has 0 aliphatic carbocycles. The van der Waals surface area contributed by atoms with E-state index >= 15 is 0 Å². The Morgan fingerprint density at radius 2 is 1.83 bits per heavy atom. The molecular weight excluding hydrogens is 308 g/mol. The maximum absolute atomic E-state index is 11.9. The van der Waals surface area contributed by atoms with E-state index in [2.05, 4.69) is 5.32 Å². The van der Waals surface area contributed by atoms with Gasteiger partial charge in [-0.1, -0.05) is 18.2 Å². The average Bonchev–Trinajstić information content (AvgIpc) is 2.56. The molecule has 126 valence electrons. The highest BCUT2D eigenvalue weighted by molar-refractivity contribution is 5.87. The van der Waals surface area contributed by atoms with Crippen LogP contribution in [0.15, 0.2) is 47.3 Å². The minimum atomic E-state index is -0.975. The fourth-order valence-electron chi connectivity index (χ4n) is 2.36. The van der Waals surface area contributed by atoms with Gasteiger partial charge in [-0.25, -0.2) is 4.79 Å². The number of amides is 1. The van der Waals surface area contributed by atoms with Crippen molar-refractivity contribution in [3.63, 3.8) is 0 Å². The molecule has 0 aliphatic rings. The summed E-state index contributed by atoms with van der Waals surface area (Å²) in [6.07, 6.45) is 0.905. The van der Waals surface area contributed by atoms with E-state index < -0.39 is 5.97 Å². The van der Waals surface area contributed by atoms with E-state index in [1.54, 1.807) is 22.8 Å². The van der Waals surface area contributed by atoms with Crippen LogP contribution >= 0.6 is 0 Å². The normalized spacial score (nSPS) is 10.4. The third kappa shape index (κ3) is 4.81. The lowest BCUT2D eigenvalue weighted by atomic mass is 10.1. The van der Waals surface area contributed by atoms with Crippen LogP contribution in [0.2, 0.25) is 0 Å². The van der Waals surface area contributed by atoms with Gasteiger partial charge in [-0.05, 0) is 37.1 Å². The first-order valence-electron chi connectivity index (χ1n) is 7.73. The molecule has 0 radical (unpaired) electrons. The third-order valence-corrected chi connectivity index (χ3v) is 3.74. The molecule has 6 heteroatoms. The molecule has 0 fully saturated rings. The van der Waals surface area contributed by atoms with E-state index in [4.69, 9.17) is 5.11 Å². The predicted octanol–water partition coefficient (Wildman–Crippen LogP) is 1.95. The quantitative estimate of drug-likeness (QED) is 0.813. The Kier molecular flexibility index (Phi) is 5.89. The molecule has 0 unspecified atom stereocenters. The van der Waals surface area contributed by atoms with Crippen molar-refractivity contribution in [3.05, 3.63) is 69.6 Å². The first-order chi connectivity index (χ1) is 11.5. The fourth-order valence-corrected chi connectivity index (χ4v) is 2.36. The molecule has 0 aliphatic heterocycles. The molecule has 6 nitrogen and oxygen atoms in total. The van der Waals surface area contributed by atoms with E-state index in [1.807, 2.05) is 13.0 Å². The number of carboxylic acid groups (broad SMARTS) is 1. The highest BCUT2D eigenvalue weighted by Gasteiger charge is 2.05. The largest absolute Gasteiger partial charge is 0.478 e. The number of pyridine rings is 1. The predicted molar refractivity (Wildman–Crippen MR) is 89.9 cm³/mol. The highest BCUT2D eigenvalue weighted by atomic mass is 16.4. The zero-order valence-corrected chi connectivity index (χ0v) is 13.5. The maximum Gasteiger partial charge on any atom is 0.335 e. The minimum absolute atomic E-state index is 0.0612. The van der Waals surface area contributed by atoms with Gasteiger partial charge < -0.3 is 15.0 Å². The lowest BCUT2D eigenvalue weighted by Gasteiger charge is -2.09. The smallest absolute Gasteiger partial charge is 0.335 e. The number of hydrogen-bond acceptors (Lipinski definition) is 3. The van der Waals surface area contributed by atoms with Crippen LogP contribution in [0.1, 0.15) is 34.5 Å². The molecule has 0 bridgehead atoms. The average molecular weight is 328 g/mol. The van der Waals surface area contributed by atoms with E-state index in [-0.39, 0.29) is 17.0 Å². The molecule has 1 amide bonds. The number of hydrogen-bond donors (Lipinski definition) is 2. The molecule has 0 atom stereocenters. The van der Waals surface area contributed by atoms with E-state index in [0.717, 1.165) is 11.3 Å². The molecule has 1 aromatic carbocycles. The monoisotopic (exact) mass is 328 g/mol. The number of carbonyl (C=O) groups is 2. The SMILES string of the molecule is Cc1cccc(=O)n1CCCC(=O)NCc1ccc(C(=O)O)cc1. The van der Waals surface area contributed by atoms with Gasteiger partial charge >= 0.3 is 5.97 Å². The van der Waals surface area contributed by atoms with Gasteiger partial charge in [0.2, 0.25) is 5.91 Å². The number of carboxylic acids is 1. The second kappa shape index (κ2) is 8.10. The van der Waals surface area contributed by atoms with Crippen molar-refractivity contribution >= 4 is 11.9 Å². The van der Waals surface area contributed by atoms with E-state index in [0.29, 0.717) is 25.9 Å². The Labute approximate surface area is 139 Å². The number of benzene rings is 1. The van der Waals surface area contributed by atoms with Gasteiger partial charge in [-0.15, -0.1) is 0 Å². The number of rotatable bonds is 7. The molecule has 1 aromatic heterocycles. The van der Waals surface area contributed by atoms with Crippen molar-refractivity contribution in [3.8, 4) is 0 Å². The Bertz CT molecular complexity index is 778. The molecule has 0 saturated heterocycles. The second-order valence-electron chi connectivity index (χ2n) is 5.54. The molecule has 24 heavy (non-hydrogen) atoms. The fraction of sp³-hybridized carbons (Fsp3) is 0.278. The van der Waals surface area contributed by atoms with Crippen molar-refractivity contribution in [1.82, 2.24) is 9.88 Å². The Hall–Kier alpha value is -2.89. The molecule has 2 aromatic rings. The summed E-state index contributed by atoms with van der Waals surface area (Å²) in [5.74, 6) is -1.07. The number of aryl methyl sites for hydroxylation is 1. The molecule has 1 heterocycles. The van der Waals surface area contributed by atoms with Crippen LogP contribution in [0.5, 0.6) is 0 Å². The van der Waals surface area contributed by atoms with Gasteiger partial charge in [0.1, 0.15) is 0 Å². The van der Waals surface area contributed by atoms with Crippen LogP contribution in [0.4, 0.5) is 0 Å². The van der Waals surface area contributed by atoms with Gasteiger partial charge in [0.05, 0.1) is 5.56 Å². The second-order valence-corrected chi connectivity index (χ2v) is 5.54. The summed E-state index contributed by atoms with van der Waals surface area (Å²) in [5.41, 5.74) is 1.87. The summed E-state index contributed by atoms with van der Waals surface area (Å²) in [7, 11) is 0. The lowest BCUT2D eigenvalue weighted by Crippen LogP contribution is -2.25. The van der Waals surface area contributed by atoms with Crippen molar-refractivity contribution < 1.29 is 14.7 Å².